The third kappa shape index (κ3) is 10.1. The molecule has 2 bridgehead atoms. The minimum Gasteiger partial charge on any atom is -0.456 e. The van der Waals surface area contributed by atoms with Gasteiger partial charge in [0.1, 0.15) is 48.0 Å². The standard InChI is InChI=1S/C45H52N4O16.2Ac/c1-24-28(63-39(55)34(52)32(47-25(2)50)26-13-8-6-9-14-26)22-45(58)37(65-38(54)27-15-10-7-11-16-27)35-43(5,36(53)33(51)31(24)42(45,3)4)29(21-30-44(35,57)23-62-30)64-41(56)61-20-12-18-48-19-17-46-40(48)49(59)60;;/h6-11,13-17,19,28-30,32-35,37,51-52,57-58H,12,18,20-23H2,1-5H3,(H,47,50);;/t28?,29?,30?,32?,33?,34?,35?,37?,43-,44?,45?;;/m1../s1. The van der Waals surface area contributed by atoms with Gasteiger partial charge in [-0.05, 0) is 47.6 Å². The summed E-state index contributed by atoms with van der Waals surface area (Å²) >= 11 is 0. The van der Waals surface area contributed by atoms with Gasteiger partial charge in [0.25, 0.3) is 0 Å². The average Bonchev–Trinajstić information content (AvgIpc) is 3.75. The average molecular weight is 1360 g/mol. The summed E-state index contributed by atoms with van der Waals surface area (Å²) in [6, 6.07) is 14.6. The van der Waals surface area contributed by atoms with Crippen molar-refractivity contribution >= 4 is 35.7 Å². The molecule has 0 spiro atoms. The van der Waals surface area contributed by atoms with Gasteiger partial charge in [0.05, 0.1) is 42.9 Å². The van der Waals surface area contributed by atoms with Gasteiger partial charge in [-0.15, -0.1) is 0 Å². The first-order chi connectivity index (χ1) is 30.7. The van der Waals surface area contributed by atoms with Gasteiger partial charge in [-0.2, -0.15) is 0 Å². The summed E-state index contributed by atoms with van der Waals surface area (Å²) in [4.78, 5) is 83.5. The number of imidazole rings is 1. The Balaban J connectivity index is 0.00000420. The number of nitro groups is 1. The number of hydrogen-bond donors (Lipinski definition) is 5. The zero-order valence-corrected chi connectivity index (χ0v) is 47.0. The van der Waals surface area contributed by atoms with Crippen molar-refractivity contribution in [3.63, 3.8) is 0 Å². The minimum absolute atomic E-state index is 0. The number of esters is 2. The van der Waals surface area contributed by atoms with E-state index < -0.39 is 124 Å². The number of nitrogens with one attached hydrogen (secondary N) is 1. The molecular formula is C45H52Ac2N4O16. The van der Waals surface area contributed by atoms with Crippen LogP contribution in [-0.2, 0) is 44.6 Å². The van der Waals surface area contributed by atoms with Crippen molar-refractivity contribution in [2.24, 2.45) is 16.7 Å². The van der Waals surface area contributed by atoms with Crippen LogP contribution in [-0.4, -0.2) is 126 Å². The first kappa shape index (κ1) is 54.8. The second kappa shape index (κ2) is 21.4. The van der Waals surface area contributed by atoms with Crippen LogP contribution >= 0.6 is 0 Å². The number of nitrogens with zero attached hydrogens (tertiary/aromatic N) is 3. The Morgan fingerprint density at radius 1 is 1.01 bits per heavy atom. The first-order valence-electron chi connectivity index (χ1n) is 21.1. The molecule has 3 aromatic rings. The van der Waals surface area contributed by atoms with Crippen molar-refractivity contribution < 1.29 is 161 Å². The number of carbonyl (C=O) groups excluding carboxylic acids is 5. The monoisotopic (exact) mass is 1360 g/mol. The zero-order chi connectivity index (χ0) is 47.2. The third-order valence-electron chi connectivity index (χ3n) is 13.8. The molecule has 2 heterocycles. The number of fused-ring (bicyclic) bond motifs is 5. The van der Waals surface area contributed by atoms with Gasteiger partial charge in [-0.25, -0.2) is 19.0 Å². The van der Waals surface area contributed by atoms with Crippen LogP contribution in [0.25, 0.3) is 0 Å². The van der Waals surface area contributed by atoms with E-state index in [4.69, 9.17) is 23.7 Å². The molecule has 7 rings (SSSR count). The van der Waals surface area contributed by atoms with Gasteiger partial charge in [0.15, 0.2) is 11.9 Å². The quantitative estimate of drug-likeness (QED) is 0.0411. The minimum atomic E-state index is -2.43. The number of aliphatic hydroxyl groups is 4. The van der Waals surface area contributed by atoms with Crippen LogP contribution in [0.3, 0.4) is 0 Å². The fourth-order valence-electron chi connectivity index (χ4n) is 10.3. The summed E-state index contributed by atoms with van der Waals surface area (Å²) in [5.41, 5.74) is -7.96. The molecule has 1 saturated heterocycles. The molecule has 2 aromatic carbocycles. The molecule has 5 N–H and O–H groups in total. The number of ether oxygens (including phenoxy) is 5. The van der Waals surface area contributed by atoms with Crippen LogP contribution in [0.4, 0.5) is 10.7 Å². The summed E-state index contributed by atoms with van der Waals surface area (Å²) in [7, 11) is 0. The van der Waals surface area contributed by atoms with E-state index in [0.717, 1.165) is 0 Å². The largest absolute Gasteiger partial charge is 0.508 e. The van der Waals surface area contributed by atoms with E-state index in [9.17, 15) is 49.7 Å². The SMILES string of the molecule is CC(=O)NC(c1ccccc1)C(O)C(=O)OC1CC2(O)C(OC(=O)c3ccccc3)C3C4(O)COC4CC(OC(=O)OCCCn4ccnc4[N+](=O)[O-])[C@@]3(C)C(=O)C(O)C(=C1C)C2(C)C.[Ac].[Ac]. The smallest absolute Gasteiger partial charge is 0.456 e. The van der Waals surface area contributed by atoms with Crippen LogP contribution in [0.15, 0.2) is 84.2 Å². The second-order valence-corrected chi connectivity index (χ2v) is 17.8. The third-order valence-corrected chi connectivity index (χ3v) is 13.8. The number of aliphatic hydroxyl groups excluding tert-OH is 2. The van der Waals surface area contributed by atoms with E-state index >= 15 is 4.79 Å². The maximum atomic E-state index is 15.3. The number of benzene rings is 2. The molecule has 1 amide bonds. The summed E-state index contributed by atoms with van der Waals surface area (Å²) < 4.78 is 30.5. The number of carbonyl (C=O) groups is 5. The molecule has 67 heavy (non-hydrogen) atoms. The van der Waals surface area contributed by atoms with Crippen LogP contribution in [0, 0.1) is 115 Å². The molecule has 11 atom stereocenters. The van der Waals surface area contributed by atoms with Gasteiger partial charge < -0.3 is 59.5 Å². The molecule has 1 aliphatic heterocycles. The van der Waals surface area contributed by atoms with E-state index in [2.05, 4.69) is 10.3 Å². The Hall–Kier alpha value is -3.18. The van der Waals surface area contributed by atoms with E-state index in [-0.39, 0.29) is 131 Å². The molecule has 1 aromatic heterocycles. The Kier molecular flexibility index (Phi) is 17.5. The van der Waals surface area contributed by atoms with Crippen molar-refractivity contribution in [3.8, 4) is 0 Å². The van der Waals surface area contributed by atoms with E-state index in [1.807, 2.05) is 0 Å². The van der Waals surface area contributed by atoms with Crippen LogP contribution in [0.2, 0.25) is 0 Å². The van der Waals surface area contributed by atoms with Crippen molar-refractivity contribution in [1.29, 1.82) is 0 Å². The fourth-order valence-corrected chi connectivity index (χ4v) is 10.3. The van der Waals surface area contributed by atoms with Crippen molar-refractivity contribution in [3.05, 3.63) is 105 Å². The predicted octanol–water partition coefficient (Wildman–Crippen LogP) is 2.66. The Morgan fingerprint density at radius 2 is 1.66 bits per heavy atom. The Morgan fingerprint density at radius 3 is 2.25 bits per heavy atom. The van der Waals surface area contributed by atoms with Gasteiger partial charge in [-0.3, -0.25) is 9.59 Å². The second-order valence-electron chi connectivity index (χ2n) is 17.8. The van der Waals surface area contributed by atoms with Gasteiger partial charge in [-0.1, -0.05) is 67.4 Å². The maximum absolute atomic E-state index is 15.3. The van der Waals surface area contributed by atoms with Gasteiger partial charge >= 0.3 is 24.0 Å². The molecule has 2 radical (unpaired) electrons. The molecular weight excluding hydrogens is 1310 g/mol. The number of amides is 1. The zero-order valence-electron chi connectivity index (χ0n) is 37.5. The topological polar surface area (TPSA) is 285 Å². The van der Waals surface area contributed by atoms with Gasteiger partial charge in [0.2, 0.25) is 5.91 Å². The summed E-state index contributed by atoms with van der Waals surface area (Å²) in [6.07, 6.45) is -9.63. The van der Waals surface area contributed by atoms with Crippen molar-refractivity contribution in [1.82, 2.24) is 14.9 Å². The number of Topliss-reactive ketones (excluding diaryl/α,β-unsaturated/α-hetero) is 1. The van der Waals surface area contributed by atoms with E-state index in [1.165, 1.54) is 63.7 Å². The molecule has 10 unspecified atom stereocenters. The summed E-state index contributed by atoms with van der Waals surface area (Å²) in [5.74, 6) is -5.88. The van der Waals surface area contributed by atoms with Gasteiger partial charge in [0, 0.05) is 126 Å². The van der Waals surface area contributed by atoms with Crippen molar-refractivity contribution in [2.45, 2.75) is 114 Å². The molecule has 2 saturated carbocycles. The number of ketones is 1. The van der Waals surface area contributed by atoms with Crippen LogP contribution < -0.4 is 5.32 Å². The van der Waals surface area contributed by atoms with E-state index in [0.29, 0.717) is 5.56 Å². The molecule has 4 aliphatic rings. The molecule has 3 fully saturated rings. The fraction of sp³-hybridized carbons (Fsp3) is 0.511. The number of hydrogen-bond acceptors (Lipinski definition) is 17. The molecule has 22 heteroatoms. The Labute approximate surface area is 456 Å². The summed E-state index contributed by atoms with van der Waals surface area (Å²) in [5, 5.41) is 63.8. The Bertz CT molecular complexity index is 2380. The van der Waals surface area contributed by atoms with Crippen LogP contribution in [0.1, 0.15) is 75.8 Å². The number of aryl methyl sites for hydroxylation is 1. The number of rotatable bonds is 13. The predicted molar refractivity (Wildman–Crippen MR) is 222 cm³/mol. The number of aromatic nitrogens is 2. The van der Waals surface area contributed by atoms with Crippen molar-refractivity contribution in [2.75, 3.05) is 13.2 Å². The molecule has 354 valence electrons. The molecule has 3 aliphatic carbocycles. The first-order valence-corrected chi connectivity index (χ1v) is 21.1. The normalized spacial score (nSPS) is 30.1. The van der Waals surface area contributed by atoms with Crippen LogP contribution in [0.5, 0.6) is 0 Å². The van der Waals surface area contributed by atoms with E-state index in [1.54, 1.807) is 48.5 Å². The molecule has 20 nitrogen and oxygen atoms in total. The summed E-state index contributed by atoms with van der Waals surface area (Å²) in [6.45, 7) is 6.37. The maximum Gasteiger partial charge on any atom is 0.508 e.